The number of hydrogen-bond acceptors (Lipinski definition) is 3. The molecule has 0 radical (unpaired) electrons. The molecule has 3 N–H and O–H groups in total. The molecular formula is C11H16FN3O. The molecule has 1 amide bonds. The summed E-state index contributed by atoms with van der Waals surface area (Å²) in [5.41, 5.74) is 6.51. The maximum atomic E-state index is 13.0. The zero-order chi connectivity index (χ0) is 12.3. The van der Waals surface area contributed by atoms with Gasteiger partial charge in [-0.15, -0.1) is 0 Å². The molecule has 0 fully saturated rings. The first-order chi connectivity index (χ1) is 7.41. The average molecular weight is 225 g/mol. The van der Waals surface area contributed by atoms with Crippen LogP contribution in [0.25, 0.3) is 0 Å². The standard InChI is InChI=1S/C11H16FN3O/c1-7(11(16)15(2)3)14-10-6-8(12)4-5-9(10)13/h4-7,14H,13H2,1-3H3. The summed E-state index contributed by atoms with van der Waals surface area (Å²) in [5.74, 6) is -0.482. The smallest absolute Gasteiger partial charge is 0.244 e. The molecule has 0 bridgehead atoms. The van der Waals surface area contributed by atoms with E-state index in [0.29, 0.717) is 11.4 Å². The highest BCUT2D eigenvalue weighted by atomic mass is 19.1. The minimum atomic E-state index is -0.445. The van der Waals surface area contributed by atoms with Gasteiger partial charge in [-0.25, -0.2) is 4.39 Å². The van der Waals surface area contributed by atoms with Crippen molar-refractivity contribution in [2.75, 3.05) is 25.1 Å². The van der Waals surface area contributed by atoms with Crippen molar-refractivity contribution in [2.45, 2.75) is 13.0 Å². The number of nitrogens with one attached hydrogen (secondary N) is 1. The summed E-state index contributed by atoms with van der Waals surface area (Å²) in [6, 6.07) is 3.57. The van der Waals surface area contributed by atoms with Crippen LogP contribution in [0.4, 0.5) is 15.8 Å². The first kappa shape index (κ1) is 12.3. The summed E-state index contributed by atoms with van der Waals surface area (Å²) in [6.07, 6.45) is 0. The molecule has 5 heteroatoms. The lowest BCUT2D eigenvalue weighted by Gasteiger charge is -2.19. The number of amides is 1. The highest BCUT2D eigenvalue weighted by molar-refractivity contribution is 5.85. The number of nitrogen functional groups attached to an aromatic ring is 1. The molecule has 0 heterocycles. The van der Waals surface area contributed by atoms with Crippen molar-refractivity contribution in [3.63, 3.8) is 0 Å². The summed E-state index contributed by atoms with van der Waals surface area (Å²) >= 11 is 0. The van der Waals surface area contributed by atoms with Crippen molar-refractivity contribution in [3.8, 4) is 0 Å². The van der Waals surface area contributed by atoms with Gasteiger partial charge in [0.2, 0.25) is 5.91 Å². The van der Waals surface area contributed by atoms with E-state index in [1.165, 1.54) is 23.1 Å². The number of nitrogens with zero attached hydrogens (tertiary/aromatic N) is 1. The van der Waals surface area contributed by atoms with Crippen molar-refractivity contribution in [3.05, 3.63) is 24.0 Å². The lowest BCUT2D eigenvalue weighted by Crippen LogP contribution is -2.36. The van der Waals surface area contributed by atoms with Crippen molar-refractivity contribution in [1.82, 2.24) is 4.90 Å². The van der Waals surface area contributed by atoms with E-state index in [0.717, 1.165) is 0 Å². The Bertz CT molecular complexity index is 393. The van der Waals surface area contributed by atoms with Crippen LogP contribution in [0.5, 0.6) is 0 Å². The summed E-state index contributed by atoms with van der Waals surface area (Å²) in [6.45, 7) is 1.70. The van der Waals surface area contributed by atoms with Crippen LogP contribution in [0.15, 0.2) is 18.2 Å². The van der Waals surface area contributed by atoms with Crippen LogP contribution in [0, 0.1) is 5.82 Å². The second-order valence-corrected chi connectivity index (χ2v) is 3.83. The molecule has 0 aliphatic rings. The highest BCUT2D eigenvalue weighted by Crippen LogP contribution is 2.20. The fourth-order valence-electron chi connectivity index (χ4n) is 1.34. The van der Waals surface area contributed by atoms with Crippen LogP contribution in [-0.4, -0.2) is 30.9 Å². The number of anilines is 2. The van der Waals surface area contributed by atoms with Crippen molar-refractivity contribution < 1.29 is 9.18 Å². The molecule has 4 nitrogen and oxygen atoms in total. The second kappa shape index (κ2) is 4.83. The van der Waals surface area contributed by atoms with Gasteiger partial charge in [0, 0.05) is 14.1 Å². The Labute approximate surface area is 94.2 Å². The van der Waals surface area contributed by atoms with Gasteiger partial charge in [-0.3, -0.25) is 4.79 Å². The lowest BCUT2D eigenvalue weighted by atomic mass is 10.2. The van der Waals surface area contributed by atoms with E-state index in [-0.39, 0.29) is 11.7 Å². The Morgan fingerprint density at radius 1 is 1.50 bits per heavy atom. The van der Waals surface area contributed by atoms with Crippen molar-refractivity contribution >= 4 is 17.3 Å². The molecule has 0 aromatic heterocycles. The largest absolute Gasteiger partial charge is 0.397 e. The number of halogens is 1. The van der Waals surface area contributed by atoms with Crippen LogP contribution in [0.2, 0.25) is 0 Å². The van der Waals surface area contributed by atoms with E-state index in [1.807, 2.05) is 0 Å². The molecule has 0 aliphatic heterocycles. The molecule has 16 heavy (non-hydrogen) atoms. The monoisotopic (exact) mass is 225 g/mol. The first-order valence-electron chi connectivity index (χ1n) is 4.94. The number of benzene rings is 1. The molecule has 88 valence electrons. The van der Waals surface area contributed by atoms with Crippen LogP contribution in [-0.2, 0) is 4.79 Å². The average Bonchev–Trinajstić information content (AvgIpc) is 2.22. The third-order valence-electron chi connectivity index (χ3n) is 2.20. The SMILES string of the molecule is CC(Nc1cc(F)ccc1N)C(=O)N(C)C. The zero-order valence-corrected chi connectivity index (χ0v) is 9.62. The maximum absolute atomic E-state index is 13.0. The zero-order valence-electron chi connectivity index (χ0n) is 9.62. The molecule has 0 saturated heterocycles. The van der Waals surface area contributed by atoms with Crippen LogP contribution in [0.1, 0.15) is 6.92 Å². The molecule has 0 spiro atoms. The third-order valence-corrected chi connectivity index (χ3v) is 2.20. The minimum Gasteiger partial charge on any atom is -0.397 e. The maximum Gasteiger partial charge on any atom is 0.244 e. The van der Waals surface area contributed by atoms with Gasteiger partial charge < -0.3 is 16.0 Å². The van der Waals surface area contributed by atoms with E-state index in [1.54, 1.807) is 21.0 Å². The molecule has 0 saturated carbocycles. The third kappa shape index (κ3) is 2.85. The predicted molar refractivity (Wildman–Crippen MR) is 62.6 cm³/mol. The first-order valence-corrected chi connectivity index (χ1v) is 4.94. The van der Waals surface area contributed by atoms with Crippen LogP contribution in [0.3, 0.4) is 0 Å². The van der Waals surface area contributed by atoms with E-state index in [2.05, 4.69) is 5.32 Å². The van der Waals surface area contributed by atoms with Crippen molar-refractivity contribution in [2.24, 2.45) is 0 Å². The van der Waals surface area contributed by atoms with Gasteiger partial charge in [-0.2, -0.15) is 0 Å². The Kier molecular flexibility index (Phi) is 3.71. The fourth-order valence-corrected chi connectivity index (χ4v) is 1.34. The summed E-state index contributed by atoms with van der Waals surface area (Å²) in [5, 5.41) is 2.88. The molecule has 1 aromatic carbocycles. The number of carbonyl (C=O) groups is 1. The summed E-state index contributed by atoms with van der Waals surface area (Å²) < 4.78 is 13.0. The second-order valence-electron chi connectivity index (χ2n) is 3.83. The van der Waals surface area contributed by atoms with Crippen LogP contribution >= 0.6 is 0 Å². The van der Waals surface area contributed by atoms with Gasteiger partial charge in [-0.1, -0.05) is 0 Å². The number of rotatable bonds is 3. The highest BCUT2D eigenvalue weighted by Gasteiger charge is 2.15. The van der Waals surface area contributed by atoms with E-state index in [9.17, 15) is 9.18 Å². The Morgan fingerprint density at radius 3 is 2.69 bits per heavy atom. The van der Waals surface area contributed by atoms with Gasteiger partial charge in [0.25, 0.3) is 0 Å². The Hall–Kier alpha value is -1.78. The van der Waals surface area contributed by atoms with Gasteiger partial charge >= 0.3 is 0 Å². The van der Waals surface area contributed by atoms with Crippen molar-refractivity contribution in [1.29, 1.82) is 0 Å². The molecule has 1 unspecified atom stereocenters. The van der Waals surface area contributed by atoms with Gasteiger partial charge in [0.05, 0.1) is 11.4 Å². The molecule has 1 aromatic rings. The Morgan fingerprint density at radius 2 is 2.12 bits per heavy atom. The quantitative estimate of drug-likeness (QED) is 0.762. The van der Waals surface area contributed by atoms with Gasteiger partial charge in [-0.05, 0) is 25.1 Å². The Balaban J connectivity index is 2.80. The van der Waals surface area contributed by atoms with Gasteiger partial charge in [0.1, 0.15) is 11.9 Å². The van der Waals surface area contributed by atoms with E-state index in [4.69, 9.17) is 5.73 Å². The predicted octanol–water partition coefficient (Wildman–Crippen LogP) is 1.30. The minimum absolute atomic E-state index is 0.0938. The topological polar surface area (TPSA) is 58.4 Å². The fraction of sp³-hybridized carbons (Fsp3) is 0.364. The summed E-state index contributed by atoms with van der Waals surface area (Å²) in [4.78, 5) is 13.0. The van der Waals surface area contributed by atoms with Gasteiger partial charge in [0.15, 0.2) is 0 Å². The molecule has 1 rings (SSSR count). The summed E-state index contributed by atoms with van der Waals surface area (Å²) in [7, 11) is 3.32. The number of nitrogens with two attached hydrogens (primary N) is 1. The van der Waals surface area contributed by atoms with E-state index < -0.39 is 6.04 Å². The number of likely N-dealkylation sites (N-methyl/N-ethyl adjacent to an activating group) is 1. The molecular weight excluding hydrogens is 209 g/mol. The van der Waals surface area contributed by atoms with Crippen LogP contribution < -0.4 is 11.1 Å². The lowest BCUT2D eigenvalue weighted by molar-refractivity contribution is -0.129. The molecule has 0 aliphatic carbocycles. The number of carbonyl (C=O) groups excluding carboxylic acids is 1. The normalized spacial score (nSPS) is 12.0. The van der Waals surface area contributed by atoms with E-state index >= 15 is 0 Å². The molecule has 1 atom stereocenters. The number of hydrogen-bond donors (Lipinski definition) is 2.